The molecule has 9 nitrogen and oxygen atoms in total. The van der Waals surface area contributed by atoms with E-state index in [-0.39, 0.29) is 18.7 Å². The van der Waals surface area contributed by atoms with E-state index in [4.69, 9.17) is 4.74 Å². The molecule has 0 unspecified atom stereocenters. The second kappa shape index (κ2) is 10.3. The number of urea groups is 1. The molecular formula is C18H24FN3O6S. The van der Waals surface area contributed by atoms with Gasteiger partial charge in [-0.3, -0.25) is 10.1 Å². The summed E-state index contributed by atoms with van der Waals surface area (Å²) in [4.78, 5) is 34.5. The number of rotatable bonds is 7. The molecule has 1 saturated heterocycles. The first-order valence-electron chi connectivity index (χ1n) is 9.30. The number of ether oxygens (including phenoxy) is 1. The van der Waals surface area contributed by atoms with Gasteiger partial charge in [-0.1, -0.05) is 13.3 Å². The molecule has 1 aromatic rings. The Kier molecular flexibility index (Phi) is 8.09. The Hall–Kier alpha value is -2.53. The molecule has 0 spiro atoms. The SMILES string of the molecule is CCCNC(=O)NC(=O)COC(=O)c1ccc(F)c(S(=O)(=O)N2CCCCC2)c1. The lowest BCUT2D eigenvalue weighted by Gasteiger charge is -2.26. The molecule has 1 fully saturated rings. The highest BCUT2D eigenvalue weighted by atomic mass is 32.2. The van der Waals surface area contributed by atoms with Crippen LogP contribution in [0.2, 0.25) is 0 Å². The van der Waals surface area contributed by atoms with Gasteiger partial charge in [-0.2, -0.15) is 4.31 Å². The summed E-state index contributed by atoms with van der Waals surface area (Å²) in [6.45, 7) is 2.05. The fourth-order valence-corrected chi connectivity index (χ4v) is 4.34. The summed E-state index contributed by atoms with van der Waals surface area (Å²) in [5.74, 6) is -2.84. The van der Waals surface area contributed by atoms with Crippen LogP contribution in [0.5, 0.6) is 0 Å². The van der Waals surface area contributed by atoms with Crippen molar-refractivity contribution in [3.63, 3.8) is 0 Å². The van der Waals surface area contributed by atoms with Crippen molar-refractivity contribution in [2.45, 2.75) is 37.5 Å². The van der Waals surface area contributed by atoms with Crippen molar-refractivity contribution >= 4 is 27.9 Å². The van der Waals surface area contributed by atoms with Gasteiger partial charge in [-0.15, -0.1) is 0 Å². The van der Waals surface area contributed by atoms with Crippen LogP contribution in [0.1, 0.15) is 43.0 Å². The molecule has 29 heavy (non-hydrogen) atoms. The van der Waals surface area contributed by atoms with Gasteiger partial charge in [0.1, 0.15) is 10.7 Å². The van der Waals surface area contributed by atoms with Crippen LogP contribution < -0.4 is 10.6 Å². The molecular weight excluding hydrogens is 405 g/mol. The smallest absolute Gasteiger partial charge is 0.338 e. The van der Waals surface area contributed by atoms with E-state index in [0.717, 1.165) is 24.6 Å². The molecule has 160 valence electrons. The predicted octanol–water partition coefficient (Wildman–Crippen LogP) is 1.39. The first-order chi connectivity index (χ1) is 13.8. The van der Waals surface area contributed by atoms with Crippen molar-refractivity contribution in [1.82, 2.24) is 14.9 Å². The number of esters is 1. The third kappa shape index (κ3) is 6.23. The van der Waals surface area contributed by atoms with Crippen LogP contribution in [0.25, 0.3) is 0 Å². The van der Waals surface area contributed by atoms with Crippen molar-refractivity contribution in [3.05, 3.63) is 29.6 Å². The minimum atomic E-state index is -4.09. The molecule has 2 rings (SSSR count). The molecule has 1 aromatic carbocycles. The van der Waals surface area contributed by atoms with Gasteiger partial charge in [0.25, 0.3) is 5.91 Å². The highest BCUT2D eigenvalue weighted by Gasteiger charge is 2.29. The molecule has 0 radical (unpaired) electrons. The van der Waals surface area contributed by atoms with Crippen molar-refractivity contribution in [1.29, 1.82) is 0 Å². The number of carbonyl (C=O) groups is 3. The normalized spacial score (nSPS) is 14.8. The van der Waals surface area contributed by atoms with E-state index in [2.05, 4.69) is 5.32 Å². The molecule has 0 aliphatic carbocycles. The van der Waals surface area contributed by atoms with E-state index in [0.29, 0.717) is 25.8 Å². The molecule has 0 saturated carbocycles. The summed E-state index contributed by atoms with van der Waals surface area (Å²) < 4.78 is 45.5. The predicted molar refractivity (Wildman–Crippen MR) is 101 cm³/mol. The number of sulfonamides is 1. The zero-order chi connectivity index (χ0) is 21.4. The Balaban J connectivity index is 2.03. The lowest BCUT2D eigenvalue weighted by molar-refractivity contribution is -0.123. The Labute approximate surface area is 168 Å². The fraction of sp³-hybridized carbons (Fsp3) is 0.500. The molecule has 1 aliphatic heterocycles. The maximum atomic E-state index is 14.2. The number of benzene rings is 1. The van der Waals surface area contributed by atoms with Gasteiger partial charge in [-0.25, -0.2) is 22.4 Å². The lowest BCUT2D eigenvalue weighted by atomic mass is 10.2. The minimum absolute atomic E-state index is 0.217. The van der Waals surface area contributed by atoms with Crippen molar-refractivity contribution < 1.29 is 31.9 Å². The first kappa shape index (κ1) is 22.8. The van der Waals surface area contributed by atoms with Gasteiger partial charge in [0.2, 0.25) is 10.0 Å². The third-order valence-corrected chi connectivity index (χ3v) is 6.14. The van der Waals surface area contributed by atoms with Crippen molar-refractivity contribution in [3.8, 4) is 0 Å². The number of nitrogens with one attached hydrogen (secondary N) is 2. The van der Waals surface area contributed by atoms with Gasteiger partial charge in [-0.05, 0) is 37.5 Å². The zero-order valence-corrected chi connectivity index (χ0v) is 16.9. The van der Waals surface area contributed by atoms with Crippen molar-refractivity contribution in [2.75, 3.05) is 26.2 Å². The number of hydrogen-bond acceptors (Lipinski definition) is 6. The number of carbonyl (C=O) groups excluding carboxylic acids is 3. The Morgan fingerprint density at radius 3 is 2.52 bits per heavy atom. The second-order valence-corrected chi connectivity index (χ2v) is 8.40. The maximum absolute atomic E-state index is 14.2. The lowest BCUT2D eigenvalue weighted by Crippen LogP contribution is -2.41. The summed E-state index contributed by atoms with van der Waals surface area (Å²) in [6, 6.07) is 2.11. The van der Waals surface area contributed by atoms with Crippen LogP contribution in [0.15, 0.2) is 23.1 Å². The van der Waals surface area contributed by atoms with Gasteiger partial charge >= 0.3 is 12.0 Å². The van der Waals surface area contributed by atoms with Gasteiger partial charge in [0.05, 0.1) is 5.56 Å². The quantitative estimate of drug-likeness (QED) is 0.632. The standard InChI is InChI=1S/C18H24FN3O6S/c1-2-8-20-18(25)21-16(23)12-28-17(24)13-6-7-14(19)15(11-13)29(26,27)22-9-4-3-5-10-22/h6-7,11H,2-5,8-10,12H2,1H3,(H2,20,21,23,25). The molecule has 2 N–H and O–H groups in total. The fourth-order valence-electron chi connectivity index (χ4n) is 2.73. The van der Waals surface area contributed by atoms with Crippen LogP contribution in [0.3, 0.4) is 0 Å². The molecule has 1 heterocycles. The highest BCUT2D eigenvalue weighted by Crippen LogP contribution is 2.24. The van der Waals surface area contributed by atoms with E-state index in [1.54, 1.807) is 0 Å². The second-order valence-electron chi connectivity index (χ2n) is 6.49. The van der Waals surface area contributed by atoms with Crippen LogP contribution in [0, 0.1) is 5.82 Å². The number of nitrogens with zero attached hydrogens (tertiary/aromatic N) is 1. The topological polar surface area (TPSA) is 122 Å². The van der Waals surface area contributed by atoms with E-state index >= 15 is 0 Å². The average Bonchev–Trinajstić information content (AvgIpc) is 2.71. The largest absolute Gasteiger partial charge is 0.452 e. The molecule has 0 bridgehead atoms. The van der Waals surface area contributed by atoms with Crippen molar-refractivity contribution in [2.24, 2.45) is 0 Å². The summed E-state index contributed by atoms with van der Waals surface area (Å²) in [7, 11) is -4.09. The van der Waals surface area contributed by atoms with Gasteiger partial charge in [0, 0.05) is 19.6 Å². The summed E-state index contributed by atoms with van der Waals surface area (Å²) in [5.41, 5.74) is -0.217. The number of imide groups is 1. The monoisotopic (exact) mass is 429 g/mol. The van der Waals surface area contributed by atoms with Crippen LogP contribution in [-0.2, 0) is 19.6 Å². The first-order valence-corrected chi connectivity index (χ1v) is 10.7. The minimum Gasteiger partial charge on any atom is -0.452 e. The molecule has 11 heteroatoms. The molecule has 1 aliphatic rings. The zero-order valence-electron chi connectivity index (χ0n) is 16.1. The Morgan fingerprint density at radius 2 is 1.86 bits per heavy atom. The number of halogens is 1. The Bertz CT molecular complexity index is 868. The van der Waals surface area contributed by atoms with Gasteiger partial charge in [0.15, 0.2) is 6.61 Å². The van der Waals surface area contributed by atoms with E-state index < -0.39 is 45.3 Å². The molecule has 0 atom stereocenters. The highest BCUT2D eigenvalue weighted by molar-refractivity contribution is 7.89. The third-order valence-electron chi connectivity index (χ3n) is 4.22. The average molecular weight is 429 g/mol. The molecule has 3 amide bonds. The summed E-state index contributed by atoms with van der Waals surface area (Å²) >= 11 is 0. The van der Waals surface area contributed by atoms with E-state index in [9.17, 15) is 27.2 Å². The number of hydrogen-bond donors (Lipinski definition) is 2. The summed E-state index contributed by atoms with van der Waals surface area (Å²) in [5, 5.41) is 4.40. The van der Waals surface area contributed by atoms with Crippen LogP contribution in [-0.4, -0.2) is 56.9 Å². The van der Waals surface area contributed by atoms with E-state index in [1.165, 1.54) is 4.31 Å². The number of piperidine rings is 1. The maximum Gasteiger partial charge on any atom is 0.338 e. The van der Waals surface area contributed by atoms with Crippen LogP contribution >= 0.6 is 0 Å². The van der Waals surface area contributed by atoms with E-state index in [1.807, 2.05) is 12.2 Å². The van der Waals surface area contributed by atoms with Gasteiger partial charge < -0.3 is 10.1 Å². The summed E-state index contributed by atoms with van der Waals surface area (Å²) in [6.07, 6.45) is 2.95. The number of amides is 3. The molecule has 0 aromatic heterocycles. The Morgan fingerprint density at radius 1 is 1.17 bits per heavy atom. The van der Waals surface area contributed by atoms with Crippen LogP contribution in [0.4, 0.5) is 9.18 Å².